The van der Waals surface area contributed by atoms with Crippen molar-refractivity contribution in [2.24, 2.45) is 0 Å². The van der Waals surface area contributed by atoms with Crippen LogP contribution in [0.25, 0.3) is 11.1 Å². The molecule has 8 nitrogen and oxygen atoms in total. The fraction of sp³-hybridized carbons (Fsp3) is 0.344. The highest BCUT2D eigenvalue weighted by molar-refractivity contribution is 5.81. The van der Waals surface area contributed by atoms with Crippen molar-refractivity contribution in [3.63, 3.8) is 0 Å². The molecule has 40 heavy (non-hydrogen) atoms. The number of carboxylic acid groups (broad SMARTS) is 1. The molecule has 0 fully saturated rings. The Kier molecular flexibility index (Phi) is 9.09. The Bertz CT molecular complexity index is 1290. The van der Waals surface area contributed by atoms with Crippen LogP contribution in [0.2, 0.25) is 0 Å². The second-order valence-electron chi connectivity index (χ2n) is 10.8. The van der Waals surface area contributed by atoms with Crippen molar-refractivity contribution in [2.75, 3.05) is 19.7 Å². The van der Waals surface area contributed by atoms with Crippen molar-refractivity contribution in [2.45, 2.75) is 51.2 Å². The molecule has 0 bridgehead atoms. The summed E-state index contributed by atoms with van der Waals surface area (Å²) in [6.45, 7) is 5.68. The number of rotatable bonds is 10. The number of carboxylic acids is 1. The summed E-state index contributed by atoms with van der Waals surface area (Å²) in [5.74, 6) is -1.28. The summed E-state index contributed by atoms with van der Waals surface area (Å²) in [7, 11) is 0. The van der Waals surface area contributed by atoms with Gasteiger partial charge in [-0.1, -0.05) is 78.9 Å². The smallest absolute Gasteiger partial charge is 0.410 e. The second-order valence-corrected chi connectivity index (χ2v) is 10.8. The van der Waals surface area contributed by atoms with Crippen LogP contribution < -0.4 is 5.32 Å². The fourth-order valence-corrected chi connectivity index (χ4v) is 4.97. The minimum atomic E-state index is -1.14. The molecule has 3 aromatic rings. The van der Waals surface area contributed by atoms with Gasteiger partial charge in [0.15, 0.2) is 0 Å². The van der Waals surface area contributed by atoms with E-state index in [1.54, 1.807) is 20.8 Å². The van der Waals surface area contributed by atoms with Crippen LogP contribution in [0.1, 0.15) is 49.8 Å². The van der Waals surface area contributed by atoms with Crippen molar-refractivity contribution in [3.05, 3.63) is 95.6 Å². The highest BCUT2D eigenvalue weighted by Crippen LogP contribution is 2.44. The topological polar surface area (TPSA) is 105 Å². The Morgan fingerprint density at radius 1 is 0.900 bits per heavy atom. The Morgan fingerprint density at radius 2 is 1.48 bits per heavy atom. The minimum absolute atomic E-state index is 0.0796. The third-order valence-electron chi connectivity index (χ3n) is 6.75. The first-order valence-electron chi connectivity index (χ1n) is 13.5. The second kappa shape index (κ2) is 12.7. The van der Waals surface area contributed by atoms with E-state index in [1.807, 2.05) is 66.7 Å². The summed E-state index contributed by atoms with van der Waals surface area (Å²) in [4.78, 5) is 39.2. The number of hydrogen-bond acceptors (Lipinski definition) is 5. The lowest BCUT2D eigenvalue weighted by Gasteiger charge is -2.29. The van der Waals surface area contributed by atoms with E-state index in [-0.39, 0.29) is 32.0 Å². The van der Waals surface area contributed by atoms with Crippen LogP contribution in [0.5, 0.6) is 0 Å². The van der Waals surface area contributed by atoms with Gasteiger partial charge in [-0.05, 0) is 55.0 Å². The Morgan fingerprint density at radius 3 is 2.05 bits per heavy atom. The number of amides is 2. The monoisotopic (exact) mass is 544 g/mol. The van der Waals surface area contributed by atoms with E-state index >= 15 is 0 Å². The van der Waals surface area contributed by atoms with Crippen LogP contribution in [0.3, 0.4) is 0 Å². The molecule has 0 spiro atoms. The van der Waals surface area contributed by atoms with E-state index in [0.717, 1.165) is 27.8 Å². The van der Waals surface area contributed by atoms with E-state index in [0.29, 0.717) is 6.42 Å². The molecule has 1 atom stereocenters. The predicted molar refractivity (Wildman–Crippen MR) is 152 cm³/mol. The van der Waals surface area contributed by atoms with Gasteiger partial charge in [-0.3, -0.25) is 4.90 Å². The van der Waals surface area contributed by atoms with Crippen LogP contribution >= 0.6 is 0 Å². The van der Waals surface area contributed by atoms with Crippen LogP contribution in [-0.4, -0.2) is 59.5 Å². The standard InChI is InChI=1S/C32H36N2O6/c1-32(2,3)40-30(37)33-18-11-19-34(28(29(35)36)20-22-12-5-4-6-13-22)31(38)39-21-27-25-16-9-7-14-23(25)24-15-8-10-17-26(24)27/h4-10,12-17,27-28H,11,18-21H2,1-3H3,(H,33,37)(H,35,36)/t28-/m0/s1. The third-order valence-corrected chi connectivity index (χ3v) is 6.75. The molecule has 2 N–H and O–H groups in total. The molecule has 3 aromatic carbocycles. The number of carbonyl (C=O) groups excluding carboxylic acids is 2. The van der Waals surface area contributed by atoms with E-state index in [9.17, 15) is 19.5 Å². The van der Waals surface area contributed by atoms with Gasteiger partial charge in [-0.15, -0.1) is 0 Å². The van der Waals surface area contributed by atoms with Crippen molar-refractivity contribution in [1.82, 2.24) is 10.2 Å². The molecule has 2 amide bonds. The lowest BCUT2D eigenvalue weighted by atomic mass is 9.98. The molecular formula is C32H36N2O6. The molecule has 0 radical (unpaired) electrons. The van der Waals surface area contributed by atoms with Crippen LogP contribution in [0, 0.1) is 0 Å². The summed E-state index contributed by atoms with van der Waals surface area (Å²) in [5.41, 5.74) is 4.51. The van der Waals surface area contributed by atoms with E-state index in [4.69, 9.17) is 9.47 Å². The van der Waals surface area contributed by atoms with Crippen LogP contribution in [0.4, 0.5) is 9.59 Å². The number of nitrogens with zero attached hydrogens (tertiary/aromatic N) is 1. The van der Waals surface area contributed by atoms with Crippen molar-refractivity contribution >= 4 is 18.2 Å². The zero-order valence-corrected chi connectivity index (χ0v) is 23.1. The molecule has 1 aliphatic rings. The normalized spacial score (nSPS) is 13.1. The minimum Gasteiger partial charge on any atom is -0.480 e. The molecule has 0 aliphatic heterocycles. The van der Waals surface area contributed by atoms with E-state index in [1.165, 1.54) is 4.90 Å². The number of carbonyl (C=O) groups is 3. The molecular weight excluding hydrogens is 508 g/mol. The van der Waals surface area contributed by atoms with Crippen molar-refractivity contribution in [3.8, 4) is 11.1 Å². The zero-order valence-electron chi connectivity index (χ0n) is 23.1. The highest BCUT2D eigenvalue weighted by atomic mass is 16.6. The van der Waals surface area contributed by atoms with Gasteiger partial charge < -0.3 is 19.9 Å². The van der Waals surface area contributed by atoms with Gasteiger partial charge in [0.1, 0.15) is 18.2 Å². The first kappa shape index (κ1) is 28.7. The Labute approximate surface area is 234 Å². The SMILES string of the molecule is CC(C)(C)OC(=O)NCCCN(C(=O)OCC1c2ccccc2-c2ccccc21)[C@@H](Cc1ccccc1)C(=O)O. The zero-order chi connectivity index (χ0) is 28.7. The molecule has 0 saturated heterocycles. The number of nitrogens with one attached hydrogen (secondary N) is 1. The van der Waals surface area contributed by atoms with Gasteiger partial charge >= 0.3 is 18.2 Å². The molecule has 0 aromatic heterocycles. The first-order chi connectivity index (χ1) is 19.1. The maximum atomic E-state index is 13.5. The Balaban J connectivity index is 1.48. The van der Waals surface area contributed by atoms with Crippen LogP contribution in [0.15, 0.2) is 78.9 Å². The summed E-state index contributed by atoms with van der Waals surface area (Å²) in [5, 5.41) is 12.8. The summed E-state index contributed by atoms with van der Waals surface area (Å²) in [6.07, 6.45) is -0.830. The predicted octanol–water partition coefficient (Wildman–Crippen LogP) is 5.85. The van der Waals surface area contributed by atoms with Crippen molar-refractivity contribution in [1.29, 1.82) is 0 Å². The van der Waals surface area contributed by atoms with E-state index in [2.05, 4.69) is 17.4 Å². The summed E-state index contributed by atoms with van der Waals surface area (Å²) >= 11 is 0. The largest absolute Gasteiger partial charge is 0.480 e. The van der Waals surface area contributed by atoms with Gasteiger partial charge in [-0.25, -0.2) is 14.4 Å². The van der Waals surface area contributed by atoms with Gasteiger partial charge in [-0.2, -0.15) is 0 Å². The highest BCUT2D eigenvalue weighted by Gasteiger charge is 2.33. The molecule has 0 saturated carbocycles. The van der Waals surface area contributed by atoms with Gasteiger partial charge in [0.25, 0.3) is 0 Å². The molecule has 0 heterocycles. The molecule has 8 heteroatoms. The number of ether oxygens (including phenoxy) is 2. The number of benzene rings is 3. The number of aliphatic carboxylic acids is 1. The van der Waals surface area contributed by atoms with Crippen molar-refractivity contribution < 1.29 is 29.0 Å². The maximum Gasteiger partial charge on any atom is 0.410 e. The maximum absolute atomic E-state index is 13.5. The summed E-state index contributed by atoms with van der Waals surface area (Å²) in [6, 6.07) is 24.1. The fourth-order valence-electron chi connectivity index (χ4n) is 4.97. The molecule has 4 rings (SSSR count). The van der Waals surface area contributed by atoms with Crippen LogP contribution in [-0.2, 0) is 20.7 Å². The molecule has 0 unspecified atom stereocenters. The van der Waals surface area contributed by atoms with Gasteiger partial charge in [0, 0.05) is 25.4 Å². The number of fused-ring (bicyclic) bond motifs is 3. The van der Waals surface area contributed by atoms with Gasteiger partial charge in [0.05, 0.1) is 0 Å². The molecule has 1 aliphatic carbocycles. The first-order valence-corrected chi connectivity index (χ1v) is 13.5. The average Bonchev–Trinajstić information content (AvgIpc) is 3.24. The average molecular weight is 545 g/mol. The lowest BCUT2D eigenvalue weighted by Crippen LogP contribution is -2.48. The third kappa shape index (κ3) is 7.20. The number of alkyl carbamates (subject to hydrolysis) is 1. The van der Waals surface area contributed by atoms with E-state index < -0.39 is 29.8 Å². The number of hydrogen-bond donors (Lipinski definition) is 2. The molecule has 210 valence electrons. The quantitative estimate of drug-likeness (QED) is 0.310. The van der Waals surface area contributed by atoms with Gasteiger partial charge in [0.2, 0.25) is 0 Å². The lowest BCUT2D eigenvalue weighted by molar-refractivity contribution is -0.142. The Hall–Kier alpha value is -4.33. The summed E-state index contributed by atoms with van der Waals surface area (Å²) < 4.78 is 11.1.